The van der Waals surface area contributed by atoms with Crippen LogP contribution in [0.2, 0.25) is 0 Å². The van der Waals surface area contributed by atoms with Crippen molar-refractivity contribution in [3.8, 4) is 11.8 Å². The molecule has 3 aromatic rings. The quantitative estimate of drug-likeness (QED) is 0.192. The summed E-state index contributed by atoms with van der Waals surface area (Å²) < 4.78 is 7.83. The number of allylic oxidation sites excluding steroid dienone is 1. The van der Waals surface area contributed by atoms with Gasteiger partial charge in [-0.1, -0.05) is 64.1 Å². The number of fused-ring (bicyclic) bond motifs is 1. The number of nitrogens with zero attached hydrogens (tertiary/aromatic N) is 4. The first-order valence-corrected chi connectivity index (χ1v) is 15.3. The van der Waals surface area contributed by atoms with Gasteiger partial charge >= 0.3 is 0 Å². The maximum absolute atomic E-state index is 12.9. The second-order valence-electron chi connectivity index (χ2n) is 10.5. The summed E-state index contributed by atoms with van der Waals surface area (Å²) in [6.07, 6.45) is 6.82. The monoisotopic (exact) mass is 563 g/mol. The predicted molar refractivity (Wildman–Crippen MR) is 158 cm³/mol. The molecule has 1 aromatic carbocycles. The smallest absolute Gasteiger partial charge is 0.235 e. The molecule has 1 aliphatic carbocycles. The third-order valence-electron chi connectivity index (χ3n) is 7.78. The lowest BCUT2D eigenvalue weighted by molar-refractivity contribution is -0.113. The highest BCUT2D eigenvalue weighted by molar-refractivity contribution is 7.99. The molecule has 1 unspecified atom stereocenters. The van der Waals surface area contributed by atoms with Crippen molar-refractivity contribution in [3.05, 3.63) is 64.3 Å². The molecule has 1 aliphatic rings. The number of thiophene rings is 1. The average molecular weight is 564 g/mol. The molecule has 1 N–H and O–H groups in total. The van der Waals surface area contributed by atoms with E-state index in [0.717, 1.165) is 43.4 Å². The van der Waals surface area contributed by atoms with Crippen LogP contribution in [-0.2, 0) is 37.2 Å². The highest BCUT2D eigenvalue weighted by Crippen LogP contribution is 2.45. The van der Waals surface area contributed by atoms with Crippen LogP contribution >= 0.6 is 23.1 Å². The fourth-order valence-electron chi connectivity index (χ4n) is 4.86. The topological polar surface area (TPSA) is 92.8 Å². The fourth-order valence-corrected chi connectivity index (χ4v) is 6.92. The van der Waals surface area contributed by atoms with Crippen LogP contribution in [0, 0.1) is 22.7 Å². The molecular weight excluding hydrogens is 526 g/mol. The summed E-state index contributed by atoms with van der Waals surface area (Å²) in [5.74, 6) is 2.02. The Kier molecular flexibility index (Phi) is 9.52. The summed E-state index contributed by atoms with van der Waals surface area (Å²) in [6.45, 7) is 13.6. The van der Waals surface area contributed by atoms with E-state index in [1.54, 1.807) is 17.4 Å². The standard InChI is InChI=1S/C30H37N5O2S2/c1-6-15-35-26(18-37-22-12-9-20(7-2)10-13-22)33-34-29(35)38-19-27(36)32-28-24(17-31)23-14-11-21(16-25(23)39-28)30(4,5)8-3/h6,9-10,12-13,21H,1,7-8,11,14-16,18-19H2,2-5H3,(H,32,36). The van der Waals surface area contributed by atoms with E-state index >= 15 is 0 Å². The molecule has 0 radical (unpaired) electrons. The van der Waals surface area contributed by atoms with Gasteiger partial charge in [0.15, 0.2) is 11.0 Å². The van der Waals surface area contributed by atoms with Gasteiger partial charge in [0.2, 0.25) is 5.91 Å². The van der Waals surface area contributed by atoms with E-state index in [9.17, 15) is 10.1 Å². The zero-order chi connectivity index (χ0) is 28.0. The Bertz CT molecular complexity index is 1350. The number of anilines is 1. The Hall–Kier alpha value is -3.09. The Morgan fingerprint density at radius 2 is 2.10 bits per heavy atom. The van der Waals surface area contributed by atoms with E-state index < -0.39 is 0 Å². The number of amides is 1. The van der Waals surface area contributed by atoms with Crippen LogP contribution < -0.4 is 10.1 Å². The number of carbonyl (C=O) groups is 1. The lowest BCUT2D eigenvalue weighted by Crippen LogP contribution is -2.28. The molecule has 1 amide bonds. The minimum atomic E-state index is -0.164. The van der Waals surface area contributed by atoms with Crippen molar-refractivity contribution in [2.24, 2.45) is 11.3 Å². The van der Waals surface area contributed by atoms with Crippen molar-refractivity contribution >= 4 is 34.0 Å². The Balaban J connectivity index is 1.39. The highest BCUT2D eigenvalue weighted by atomic mass is 32.2. The third-order valence-corrected chi connectivity index (χ3v) is 9.92. The maximum atomic E-state index is 12.9. The molecule has 1 atom stereocenters. The summed E-state index contributed by atoms with van der Waals surface area (Å²) >= 11 is 2.87. The number of thioether (sulfide) groups is 1. The van der Waals surface area contributed by atoms with Crippen LogP contribution in [0.15, 0.2) is 42.1 Å². The second-order valence-corrected chi connectivity index (χ2v) is 12.6. The number of aryl methyl sites for hydroxylation is 1. The van der Waals surface area contributed by atoms with E-state index in [2.05, 4.69) is 68.0 Å². The molecule has 7 nitrogen and oxygen atoms in total. The van der Waals surface area contributed by atoms with Gasteiger partial charge in [-0.15, -0.1) is 28.1 Å². The van der Waals surface area contributed by atoms with Crippen molar-refractivity contribution in [3.63, 3.8) is 0 Å². The molecule has 2 aromatic heterocycles. The number of carbonyl (C=O) groups excluding carboxylic acids is 1. The number of aromatic nitrogens is 3. The molecule has 0 spiro atoms. The molecule has 0 fully saturated rings. The van der Waals surface area contributed by atoms with Crippen molar-refractivity contribution in [1.29, 1.82) is 5.26 Å². The van der Waals surface area contributed by atoms with E-state index in [0.29, 0.717) is 34.0 Å². The van der Waals surface area contributed by atoms with Gasteiger partial charge < -0.3 is 10.1 Å². The Morgan fingerprint density at radius 3 is 2.77 bits per heavy atom. The van der Waals surface area contributed by atoms with Crippen LogP contribution in [-0.4, -0.2) is 26.4 Å². The summed E-state index contributed by atoms with van der Waals surface area (Å²) in [6, 6.07) is 10.4. The zero-order valence-electron chi connectivity index (χ0n) is 23.2. The third kappa shape index (κ3) is 6.74. The molecule has 9 heteroatoms. The first kappa shape index (κ1) is 28.9. The molecule has 0 saturated carbocycles. The normalized spacial score (nSPS) is 14.9. The number of benzene rings is 1. The molecule has 206 valence electrons. The largest absolute Gasteiger partial charge is 0.486 e. The minimum absolute atomic E-state index is 0.160. The lowest BCUT2D eigenvalue weighted by Gasteiger charge is -2.36. The number of nitriles is 1. The Labute approximate surface area is 239 Å². The van der Waals surface area contributed by atoms with E-state index in [1.165, 1.54) is 22.2 Å². The van der Waals surface area contributed by atoms with Gasteiger partial charge in [-0.05, 0) is 60.3 Å². The van der Waals surface area contributed by atoms with Crippen molar-refractivity contribution in [2.45, 2.75) is 78.1 Å². The van der Waals surface area contributed by atoms with Gasteiger partial charge in [0.05, 0.1) is 11.3 Å². The Morgan fingerprint density at radius 1 is 1.33 bits per heavy atom. The molecule has 39 heavy (non-hydrogen) atoms. The maximum Gasteiger partial charge on any atom is 0.235 e. The lowest BCUT2D eigenvalue weighted by atomic mass is 9.69. The first-order chi connectivity index (χ1) is 18.8. The van der Waals surface area contributed by atoms with Crippen LogP contribution in [0.5, 0.6) is 5.75 Å². The molecule has 0 bridgehead atoms. The van der Waals surface area contributed by atoms with Crippen LogP contribution in [0.25, 0.3) is 0 Å². The van der Waals surface area contributed by atoms with Gasteiger partial charge in [-0.2, -0.15) is 5.26 Å². The fraction of sp³-hybridized carbons (Fsp3) is 0.467. The highest BCUT2D eigenvalue weighted by Gasteiger charge is 2.34. The number of ether oxygens (including phenoxy) is 1. The van der Waals surface area contributed by atoms with Crippen LogP contribution in [0.4, 0.5) is 5.00 Å². The van der Waals surface area contributed by atoms with E-state index in [1.807, 2.05) is 16.7 Å². The number of hydrogen-bond acceptors (Lipinski definition) is 7. The van der Waals surface area contributed by atoms with Crippen molar-refractivity contribution in [1.82, 2.24) is 14.8 Å². The molecule has 0 saturated heterocycles. The van der Waals surface area contributed by atoms with Crippen molar-refractivity contribution in [2.75, 3.05) is 11.1 Å². The van der Waals surface area contributed by atoms with Gasteiger partial charge in [0, 0.05) is 11.4 Å². The van der Waals surface area contributed by atoms with Gasteiger partial charge in [0.1, 0.15) is 23.4 Å². The van der Waals surface area contributed by atoms with E-state index in [-0.39, 0.29) is 23.7 Å². The van der Waals surface area contributed by atoms with E-state index in [4.69, 9.17) is 4.74 Å². The number of nitrogens with one attached hydrogen (secondary N) is 1. The zero-order valence-corrected chi connectivity index (χ0v) is 24.9. The average Bonchev–Trinajstić information content (AvgIpc) is 3.50. The first-order valence-electron chi connectivity index (χ1n) is 13.5. The molecular formula is C30H37N5O2S2. The van der Waals surface area contributed by atoms with Gasteiger partial charge in [-0.25, -0.2) is 0 Å². The summed E-state index contributed by atoms with van der Waals surface area (Å²) in [7, 11) is 0. The van der Waals surface area contributed by atoms with Crippen molar-refractivity contribution < 1.29 is 9.53 Å². The minimum Gasteiger partial charge on any atom is -0.486 e. The summed E-state index contributed by atoms with van der Waals surface area (Å²) in [5.41, 5.74) is 3.26. The summed E-state index contributed by atoms with van der Waals surface area (Å²) in [5, 5.41) is 22.8. The number of rotatable bonds is 12. The SMILES string of the molecule is C=CCn1c(COc2ccc(CC)cc2)nnc1SCC(=O)Nc1sc2c(c1C#N)CCC(C(C)(C)CC)C2. The molecule has 4 rings (SSSR count). The van der Waals surface area contributed by atoms with Crippen LogP contribution in [0.1, 0.15) is 67.9 Å². The van der Waals surface area contributed by atoms with Crippen LogP contribution in [0.3, 0.4) is 0 Å². The van der Waals surface area contributed by atoms with Gasteiger partial charge in [0.25, 0.3) is 0 Å². The van der Waals surface area contributed by atoms with Gasteiger partial charge in [-0.3, -0.25) is 9.36 Å². The molecule has 2 heterocycles. The second kappa shape index (κ2) is 12.8. The number of hydrogen-bond donors (Lipinski definition) is 1. The predicted octanol–water partition coefficient (Wildman–Crippen LogP) is 6.81. The summed E-state index contributed by atoms with van der Waals surface area (Å²) in [4.78, 5) is 14.2. The molecule has 0 aliphatic heterocycles.